The van der Waals surface area contributed by atoms with E-state index < -0.39 is 4.87 Å². The summed E-state index contributed by atoms with van der Waals surface area (Å²) in [6.45, 7) is 6.59. The molecule has 2 amide bonds. The highest BCUT2D eigenvalue weighted by Crippen LogP contribution is 2.57. The minimum absolute atomic E-state index is 0.0546. The SMILES string of the molecule is CCOc1ccc(N2C(=O)[C@H](C)S[C@]23C(=O)N(CN2CCc4ccccc4C2)c2ccccc23)cc1. The first-order valence-corrected chi connectivity index (χ1v) is 13.4. The normalized spacial score (nSPS) is 23.3. The number of thioether (sulfide) groups is 1. The fourth-order valence-electron chi connectivity index (χ4n) is 5.61. The fourth-order valence-corrected chi connectivity index (χ4v) is 7.14. The van der Waals surface area contributed by atoms with E-state index in [9.17, 15) is 9.59 Å². The van der Waals surface area contributed by atoms with Gasteiger partial charge in [-0.25, -0.2) is 0 Å². The van der Waals surface area contributed by atoms with Crippen LogP contribution >= 0.6 is 11.8 Å². The summed E-state index contributed by atoms with van der Waals surface area (Å²) >= 11 is 1.44. The van der Waals surface area contributed by atoms with Gasteiger partial charge in [-0.05, 0) is 61.7 Å². The summed E-state index contributed by atoms with van der Waals surface area (Å²) in [7, 11) is 0. The summed E-state index contributed by atoms with van der Waals surface area (Å²) in [4.78, 5) is 32.8. The highest BCUT2D eigenvalue weighted by molar-refractivity contribution is 8.03. The molecule has 6 rings (SSSR count). The average Bonchev–Trinajstić information content (AvgIpc) is 3.30. The number of rotatable bonds is 5. The van der Waals surface area contributed by atoms with Gasteiger partial charge >= 0.3 is 0 Å². The second-order valence-electron chi connectivity index (χ2n) is 9.47. The smallest absolute Gasteiger partial charge is 0.269 e. The molecule has 1 saturated heterocycles. The van der Waals surface area contributed by atoms with Gasteiger partial charge in [0.1, 0.15) is 5.75 Å². The van der Waals surface area contributed by atoms with Crippen molar-refractivity contribution in [3.8, 4) is 5.75 Å². The lowest BCUT2D eigenvalue weighted by Crippen LogP contribution is -2.52. The molecule has 36 heavy (non-hydrogen) atoms. The summed E-state index contributed by atoms with van der Waals surface area (Å²) in [5.41, 5.74) is 5.16. The van der Waals surface area contributed by atoms with Crippen LogP contribution < -0.4 is 14.5 Å². The van der Waals surface area contributed by atoms with Crippen molar-refractivity contribution in [2.24, 2.45) is 0 Å². The minimum Gasteiger partial charge on any atom is -0.494 e. The van der Waals surface area contributed by atoms with E-state index in [1.165, 1.54) is 22.9 Å². The van der Waals surface area contributed by atoms with Crippen LogP contribution in [0.4, 0.5) is 11.4 Å². The fraction of sp³-hybridized carbons (Fsp3) is 0.310. The number of carbonyl (C=O) groups excluding carboxylic acids is 2. The van der Waals surface area contributed by atoms with E-state index in [0.717, 1.165) is 36.5 Å². The lowest BCUT2D eigenvalue weighted by Gasteiger charge is -2.35. The molecule has 3 aliphatic rings. The zero-order valence-corrected chi connectivity index (χ0v) is 21.3. The summed E-state index contributed by atoms with van der Waals surface area (Å²) in [6, 6.07) is 23.9. The zero-order chi connectivity index (χ0) is 24.9. The molecule has 0 radical (unpaired) electrons. The van der Waals surface area contributed by atoms with Crippen LogP contribution in [0.25, 0.3) is 0 Å². The van der Waals surface area contributed by atoms with Crippen LogP contribution in [0.15, 0.2) is 72.8 Å². The Bertz CT molecular complexity index is 1330. The second kappa shape index (κ2) is 8.98. The summed E-state index contributed by atoms with van der Waals surface area (Å²) in [5.74, 6) is 0.632. The van der Waals surface area contributed by atoms with Gasteiger partial charge in [0.05, 0.1) is 24.2 Å². The summed E-state index contributed by atoms with van der Waals surface area (Å²) in [5, 5.41) is -0.338. The van der Waals surface area contributed by atoms with Gasteiger partial charge in [0.2, 0.25) is 10.8 Å². The highest BCUT2D eigenvalue weighted by Gasteiger charge is 2.63. The number of benzene rings is 3. The van der Waals surface area contributed by atoms with Crippen molar-refractivity contribution in [1.82, 2.24) is 4.90 Å². The molecule has 3 heterocycles. The van der Waals surface area contributed by atoms with Crippen LogP contribution in [0, 0.1) is 0 Å². The maximum atomic E-state index is 14.4. The van der Waals surface area contributed by atoms with Gasteiger partial charge in [0.25, 0.3) is 5.91 Å². The Labute approximate surface area is 215 Å². The molecule has 1 spiro atoms. The molecule has 7 heteroatoms. The maximum Gasteiger partial charge on any atom is 0.269 e. The Morgan fingerprint density at radius 1 is 0.972 bits per heavy atom. The van der Waals surface area contributed by atoms with Crippen molar-refractivity contribution >= 4 is 35.0 Å². The van der Waals surface area contributed by atoms with E-state index in [4.69, 9.17) is 4.74 Å². The van der Waals surface area contributed by atoms with Crippen LogP contribution in [0.2, 0.25) is 0 Å². The van der Waals surface area contributed by atoms with E-state index in [-0.39, 0.29) is 17.1 Å². The molecule has 0 saturated carbocycles. The Morgan fingerprint density at radius 3 is 2.47 bits per heavy atom. The molecule has 184 valence electrons. The van der Waals surface area contributed by atoms with E-state index in [1.54, 1.807) is 4.90 Å². The van der Waals surface area contributed by atoms with E-state index in [2.05, 4.69) is 29.2 Å². The number of amides is 2. The lowest BCUT2D eigenvalue weighted by molar-refractivity contribution is -0.124. The van der Waals surface area contributed by atoms with Gasteiger partial charge in [0.15, 0.2) is 0 Å². The minimum atomic E-state index is -1.12. The Morgan fingerprint density at radius 2 is 1.69 bits per heavy atom. The van der Waals surface area contributed by atoms with Gasteiger partial charge in [0, 0.05) is 24.3 Å². The number of anilines is 2. The van der Waals surface area contributed by atoms with Crippen molar-refractivity contribution in [3.05, 3.63) is 89.5 Å². The molecular formula is C29H29N3O3S. The van der Waals surface area contributed by atoms with Crippen molar-refractivity contribution in [2.45, 2.75) is 36.9 Å². The molecule has 3 aliphatic heterocycles. The topological polar surface area (TPSA) is 53.1 Å². The molecule has 0 N–H and O–H groups in total. The molecule has 0 aromatic heterocycles. The maximum absolute atomic E-state index is 14.4. The van der Waals surface area contributed by atoms with Crippen molar-refractivity contribution < 1.29 is 14.3 Å². The van der Waals surface area contributed by atoms with Gasteiger partial charge in [-0.1, -0.05) is 42.5 Å². The Kier molecular flexibility index (Phi) is 5.77. The first kappa shape index (κ1) is 23.1. The largest absolute Gasteiger partial charge is 0.494 e. The van der Waals surface area contributed by atoms with E-state index in [1.807, 2.05) is 67.3 Å². The Balaban J connectivity index is 1.38. The number of nitrogens with zero attached hydrogens (tertiary/aromatic N) is 3. The predicted octanol–water partition coefficient (Wildman–Crippen LogP) is 4.77. The van der Waals surface area contributed by atoms with Gasteiger partial charge in [-0.15, -0.1) is 11.8 Å². The standard InChI is InChI=1S/C29H29N3O3S/c1-3-35-24-14-12-23(13-15-24)32-27(33)20(2)36-29(32)25-10-6-7-11-26(25)31(28(29)34)19-30-17-16-21-8-4-5-9-22(21)18-30/h4-15,20H,3,16-19H2,1-2H3/t20-,29+/m0/s1. The van der Waals surface area contributed by atoms with Crippen LogP contribution in [0.5, 0.6) is 5.75 Å². The molecule has 0 unspecified atom stereocenters. The third kappa shape index (κ3) is 3.52. The van der Waals surface area contributed by atoms with Crippen molar-refractivity contribution in [2.75, 3.05) is 29.6 Å². The van der Waals surface area contributed by atoms with E-state index in [0.29, 0.717) is 19.0 Å². The zero-order valence-electron chi connectivity index (χ0n) is 20.5. The van der Waals surface area contributed by atoms with Crippen LogP contribution in [-0.2, 0) is 27.4 Å². The molecule has 6 nitrogen and oxygen atoms in total. The predicted molar refractivity (Wildman–Crippen MR) is 143 cm³/mol. The number of ether oxygens (including phenoxy) is 1. The monoisotopic (exact) mass is 499 g/mol. The van der Waals surface area contributed by atoms with Gasteiger partial charge in [-0.3, -0.25) is 24.3 Å². The van der Waals surface area contributed by atoms with Crippen molar-refractivity contribution in [1.29, 1.82) is 0 Å². The third-order valence-corrected chi connectivity index (χ3v) is 8.76. The molecule has 0 bridgehead atoms. The van der Waals surface area contributed by atoms with E-state index >= 15 is 0 Å². The molecule has 3 aromatic rings. The summed E-state index contributed by atoms with van der Waals surface area (Å²) < 4.78 is 5.60. The number of hydrogen-bond acceptors (Lipinski definition) is 5. The number of fused-ring (bicyclic) bond motifs is 3. The average molecular weight is 500 g/mol. The number of hydrogen-bond donors (Lipinski definition) is 0. The van der Waals surface area contributed by atoms with Gasteiger partial charge in [-0.2, -0.15) is 0 Å². The van der Waals surface area contributed by atoms with Crippen LogP contribution in [-0.4, -0.2) is 41.8 Å². The molecule has 3 aromatic carbocycles. The Hall–Kier alpha value is -3.29. The van der Waals surface area contributed by atoms with Crippen LogP contribution in [0.3, 0.4) is 0 Å². The second-order valence-corrected chi connectivity index (χ2v) is 11.0. The lowest BCUT2D eigenvalue weighted by atomic mass is 10.0. The highest BCUT2D eigenvalue weighted by atomic mass is 32.2. The molecule has 1 fully saturated rings. The molecule has 2 atom stereocenters. The molecular weight excluding hydrogens is 470 g/mol. The summed E-state index contributed by atoms with van der Waals surface area (Å²) in [6.07, 6.45) is 0.966. The van der Waals surface area contributed by atoms with Crippen LogP contribution in [0.1, 0.15) is 30.5 Å². The third-order valence-electron chi connectivity index (χ3n) is 7.28. The van der Waals surface area contributed by atoms with Crippen molar-refractivity contribution in [3.63, 3.8) is 0 Å². The number of carbonyl (C=O) groups is 2. The first-order chi connectivity index (χ1) is 17.5. The molecule has 0 aliphatic carbocycles. The van der Waals surface area contributed by atoms with Gasteiger partial charge < -0.3 is 4.74 Å². The quantitative estimate of drug-likeness (QED) is 0.506. The first-order valence-electron chi connectivity index (χ1n) is 12.5. The number of para-hydroxylation sites is 1.